The molecule has 20 heavy (non-hydrogen) atoms. The van der Waals surface area contributed by atoms with Gasteiger partial charge in [-0.15, -0.1) is 0 Å². The number of nitro groups is 2. The zero-order valence-electron chi connectivity index (χ0n) is 11.4. The molecule has 0 heterocycles. The van der Waals surface area contributed by atoms with E-state index in [1.807, 2.05) is 0 Å². The lowest BCUT2D eigenvalue weighted by molar-refractivity contribution is -0.514. The van der Waals surface area contributed by atoms with E-state index >= 15 is 0 Å². The average Bonchev–Trinajstić information content (AvgIpc) is 2.42. The quantitative estimate of drug-likeness (QED) is 0.556. The van der Waals surface area contributed by atoms with Crippen molar-refractivity contribution in [2.75, 3.05) is 23.7 Å². The molecule has 0 saturated carbocycles. The molecule has 2 unspecified atom stereocenters. The minimum Gasteiger partial charge on any atom is -0.378 e. The van der Waals surface area contributed by atoms with Crippen LogP contribution in [0.2, 0.25) is 0 Å². The van der Waals surface area contributed by atoms with E-state index in [-0.39, 0.29) is 22.9 Å². The first-order valence-electron chi connectivity index (χ1n) is 6.25. The summed E-state index contributed by atoms with van der Waals surface area (Å²) in [7, 11) is 0. The van der Waals surface area contributed by atoms with Gasteiger partial charge in [0.25, 0.3) is 0 Å². The van der Waals surface area contributed by atoms with E-state index in [2.05, 4.69) is 10.6 Å². The van der Waals surface area contributed by atoms with E-state index in [9.17, 15) is 20.2 Å². The molecular formula is C12H18N4O4. The molecule has 0 bridgehead atoms. The topological polar surface area (TPSA) is 110 Å². The minimum absolute atomic E-state index is 0.224. The van der Waals surface area contributed by atoms with Crippen LogP contribution in [0.4, 0.5) is 11.4 Å². The molecule has 0 aliphatic heterocycles. The van der Waals surface area contributed by atoms with Crippen molar-refractivity contribution in [3.8, 4) is 0 Å². The van der Waals surface area contributed by atoms with E-state index in [0.29, 0.717) is 0 Å². The van der Waals surface area contributed by atoms with Crippen LogP contribution in [0.5, 0.6) is 0 Å². The highest BCUT2D eigenvalue weighted by Crippen LogP contribution is 2.15. The van der Waals surface area contributed by atoms with Crippen molar-refractivity contribution in [3.63, 3.8) is 0 Å². The Morgan fingerprint density at radius 3 is 1.75 bits per heavy atom. The molecule has 1 aromatic rings. The van der Waals surface area contributed by atoms with Gasteiger partial charge in [-0.2, -0.15) is 0 Å². The normalized spacial score (nSPS) is 13.3. The van der Waals surface area contributed by atoms with Crippen LogP contribution in [-0.2, 0) is 0 Å². The van der Waals surface area contributed by atoms with Gasteiger partial charge in [0.2, 0.25) is 12.1 Å². The van der Waals surface area contributed by atoms with Crippen molar-refractivity contribution in [3.05, 3.63) is 44.5 Å². The fraction of sp³-hybridized carbons (Fsp3) is 0.500. The molecular weight excluding hydrogens is 264 g/mol. The summed E-state index contributed by atoms with van der Waals surface area (Å²) in [6.07, 6.45) is 0. The Morgan fingerprint density at radius 1 is 1.00 bits per heavy atom. The predicted molar refractivity (Wildman–Crippen MR) is 76.3 cm³/mol. The first kappa shape index (κ1) is 15.7. The lowest BCUT2D eigenvalue weighted by atomic mass is 10.2. The lowest BCUT2D eigenvalue weighted by Gasteiger charge is -2.11. The third-order valence-electron chi connectivity index (χ3n) is 2.79. The summed E-state index contributed by atoms with van der Waals surface area (Å²) in [6.45, 7) is 3.49. The molecule has 2 N–H and O–H groups in total. The van der Waals surface area contributed by atoms with Crippen molar-refractivity contribution in [2.45, 2.75) is 25.9 Å². The van der Waals surface area contributed by atoms with Crippen LogP contribution in [-0.4, -0.2) is 35.0 Å². The van der Waals surface area contributed by atoms with Gasteiger partial charge < -0.3 is 10.6 Å². The lowest BCUT2D eigenvalue weighted by Crippen LogP contribution is -2.25. The van der Waals surface area contributed by atoms with Gasteiger partial charge in [-0.05, 0) is 18.2 Å². The van der Waals surface area contributed by atoms with Crippen LogP contribution in [0, 0.1) is 20.2 Å². The molecule has 0 aliphatic carbocycles. The summed E-state index contributed by atoms with van der Waals surface area (Å²) < 4.78 is 0. The molecule has 8 nitrogen and oxygen atoms in total. The van der Waals surface area contributed by atoms with E-state index in [0.717, 1.165) is 11.4 Å². The summed E-state index contributed by atoms with van der Waals surface area (Å²) in [6, 6.07) is 5.75. The zero-order valence-corrected chi connectivity index (χ0v) is 11.4. The number of nitrogens with zero attached hydrogens (tertiary/aromatic N) is 2. The van der Waals surface area contributed by atoms with Crippen LogP contribution in [0.1, 0.15) is 13.8 Å². The molecule has 0 amide bonds. The largest absolute Gasteiger partial charge is 0.378 e. The highest BCUT2D eigenvalue weighted by atomic mass is 16.6. The second kappa shape index (κ2) is 7.27. The van der Waals surface area contributed by atoms with Crippen molar-refractivity contribution < 1.29 is 9.85 Å². The van der Waals surface area contributed by atoms with Crippen LogP contribution in [0.15, 0.2) is 24.3 Å². The van der Waals surface area contributed by atoms with Crippen LogP contribution < -0.4 is 10.6 Å². The highest BCUT2D eigenvalue weighted by molar-refractivity contribution is 5.56. The van der Waals surface area contributed by atoms with Crippen molar-refractivity contribution >= 4 is 11.4 Å². The van der Waals surface area contributed by atoms with Gasteiger partial charge in [-0.1, -0.05) is 6.07 Å². The van der Waals surface area contributed by atoms with Crippen LogP contribution >= 0.6 is 0 Å². The number of nitrogens with one attached hydrogen (secondary N) is 2. The Morgan fingerprint density at radius 2 is 1.40 bits per heavy atom. The summed E-state index contributed by atoms with van der Waals surface area (Å²) in [5.41, 5.74) is 1.47. The van der Waals surface area contributed by atoms with Gasteiger partial charge >= 0.3 is 0 Å². The summed E-state index contributed by atoms with van der Waals surface area (Å²) in [4.78, 5) is 20.3. The van der Waals surface area contributed by atoms with E-state index in [1.54, 1.807) is 24.3 Å². The molecule has 1 rings (SSSR count). The molecule has 0 fully saturated rings. The van der Waals surface area contributed by atoms with Gasteiger partial charge in [0.05, 0.1) is 13.1 Å². The number of hydrogen-bond acceptors (Lipinski definition) is 6. The van der Waals surface area contributed by atoms with Gasteiger partial charge in [0.15, 0.2) is 0 Å². The summed E-state index contributed by atoms with van der Waals surface area (Å²) in [5, 5.41) is 27.0. The summed E-state index contributed by atoms with van der Waals surface area (Å²) in [5.74, 6) is 0. The van der Waals surface area contributed by atoms with Crippen molar-refractivity contribution in [2.24, 2.45) is 0 Å². The zero-order chi connectivity index (χ0) is 15.1. The first-order valence-corrected chi connectivity index (χ1v) is 6.25. The molecule has 0 radical (unpaired) electrons. The second-order valence-electron chi connectivity index (χ2n) is 4.61. The minimum atomic E-state index is -0.680. The predicted octanol–water partition coefficient (Wildman–Crippen LogP) is 1.84. The fourth-order valence-electron chi connectivity index (χ4n) is 1.42. The Bertz CT molecular complexity index is 441. The van der Waals surface area contributed by atoms with Crippen molar-refractivity contribution in [1.29, 1.82) is 0 Å². The molecule has 0 saturated heterocycles. The molecule has 0 aliphatic rings. The first-order chi connectivity index (χ1) is 9.40. The smallest absolute Gasteiger partial charge is 0.227 e. The van der Waals surface area contributed by atoms with Gasteiger partial charge in [-0.3, -0.25) is 20.2 Å². The van der Waals surface area contributed by atoms with Crippen molar-refractivity contribution in [1.82, 2.24) is 0 Å². The third-order valence-corrected chi connectivity index (χ3v) is 2.79. The molecule has 8 heteroatoms. The summed E-state index contributed by atoms with van der Waals surface area (Å²) >= 11 is 0. The molecule has 0 aromatic heterocycles. The fourth-order valence-corrected chi connectivity index (χ4v) is 1.42. The SMILES string of the molecule is CC(CNc1cccc(NCC(C)[N+](=O)[O-])c1)[N+](=O)[O-]. The van der Waals surface area contributed by atoms with Gasteiger partial charge in [0.1, 0.15) is 0 Å². The molecule has 2 atom stereocenters. The number of anilines is 2. The second-order valence-corrected chi connectivity index (χ2v) is 4.61. The van der Waals surface area contributed by atoms with Crippen LogP contribution in [0.3, 0.4) is 0 Å². The highest BCUT2D eigenvalue weighted by Gasteiger charge is 2.13. The van der Waals surface area contributed by atoms with E-state index in [1.165, 1.54) is 13.8 Å². The third kappa shape index (κ3) is 5.09. The monoisotopic (exact) mass is 282 g/mol. The maximum absolute atomic E-state index is 10.5. The number of hydrogen-bond donors (Lipinski definition) is 2. The van der Waals surface area contributed by atoms with Gasteiger partial charge in [-0.25, -0.2) is 0 Å². The van der Waals surface area contributed by atoms with E-state index in [4.69, 9.17) is 0 Å². The van der Waals surface area contributed by atoms with Crippen LogP contribution in [0.25, 0.3) is 0 Å². The Balaban J connectivity index is 2.53. The van der Waals surface area contributed by atoms with E-state index < -0.39 is 12.1 Å². The molecule has 1 aromatic carbocycles. The maximum Gasteiger partial charge on any atom is 0.227 e. The molecule has 110 valence electrons. The standard InChI is InChI=1S/C12H18N4O4/c1-9(15(17)18)7-13-11-4-3-5-12(6-11)14-8-10(2)16(19)20/h3-6,9-10,13-14H,7-8H2,1-2H3. The van der Waals surface area contributed by atoms with Gasteiger partial charge in [0, 0.05) is 35.1 Å². The number of benzene rings is 1. The Kier molecular flexibility index (Phi) is 5.70. The average molecular weight is 282 g/mol. The number of rotatable bonds is 8. The maximum atomic E-state index is 10.5. The Hall–Kier alpha value is -2.38. The Labute approximate surface area is 116 Å². The molecule has 0 spiro atoms.